The summed E-state index contributed by atoms with van der Waals surface area (Å²) in [4.78, 5) is 2.20. The zero-order valence-electron chi connectivity index (χ0n) is 15.2. The largest absolute Gasteiger partial charge is 0.490 e. The summed E-state index contributed by atoms with van der Waals surface area (Å²) in [7, 11) is -3.64. The number of ether oxygens (including phenoxy) is 2. The van der Waals surface area contributed by atoms with E-state index in [0.717, 1.165) is 16.9 Å². The second kappa shape index (κ2) is 9.38. The van der Waals surface area contributed by atoms with Crippen molar-refractivity contribution in [2.45, 2.75) is 17.7 Å². The molecule has 0 saturated carbocycles. The van der Waals surface area contributed by atoms with Crippen LogP contribution in [0.4, 0.5) is 0 Å². The van der Waals surface area contributed by atoms with Gasteiger partial charge in [0.25, 0.3) is 10.0 Å². The first-order chi connectivity index (χ1) is 13.6. The molecule has 0 saturated heterocycles. The van der Waals surface area contributed by atoms with Gasteiger partial charge in [-0.05, 0) is 47.7 Å². The molecule has 0 aliphatic heterocycles. The molecule has 0 amide bonds. The Hall–Kier alpha value is -2.84. The van der Waals surface area contributed by atoms with Crippen molar-refractivity contribution in [1.82, 2.24) is 4.83 Å². The van der Waals surface area contributed by atoms with Crippen molar-refractivity contribution in [3.8, 4) is 11.5 Å². The smallest absolute Gasteiger partial charge is 0.286 e. The zero-order valence-corrected chi connectivity index (χ0v) is 16.9. The molecule has 0 aliphatic carbocycles. The number of sulfonamides is 1. The number of hydrogen-bond acceptors (Lipinski definition) is 6. The molecule has 2 aromatic carbocycles. The summed E-state index contributed by atoms with van der Waals surface area (Å²) in [5.74, 6) is 1.19. The Morgan fingerprint density at radius 1 is 1.04 bits per heavy atom. The summed E-state index contributed by atoms with van der Waals surface area (Å²) in [5.41, 5.74) is 1.74. The Labute approximate surface area is 168 Å². The maximum Gasteiger partial charge on any atom is 0.286 e. The average Bonchev–Trinajstić information content (AvgIpc) is 3.24. The molecule has 0 fully saturated rings. The number of hydrogen-bond donors (Lipinski definition) is 1. The lowest BCUT2D eigenvalue weighted by Gasteiger charge is -2.12. The van der Waals surface area contributed by atoms with E-state index in [1.807, 2.05) is 37.3 Å². The lowest BCUT2D eigenvalue weighted by molar-refractivity contribution is 0.269. The first kappa shape index (κ1) is 19.9. The van der Waals surface area contributed by atoms with E-state index < -0.39 is 10.0 Å². The Bertz CT molecular complexity index is 1020. The van der Waals surface area contributed by atoms with E-state index in [1.54, 1.807) is 29.6 Å². The predicted molar refractivity (Wildman–Crippen MR) is 111 cm³/mol. The van der Waals surface area contributed by atoms with Crippen molar-refractivity contribution in [2.24, 2.45) is 5.10 Å². The molecule has 0 aliphatic rings. The molecule has 0 radical (unpaired) electrons. The van der Waals surface area contributed by atoms with Gasteiger partial charge < -0.3 is 9.47 Å². The van der Waals surface area contributed by atoms with Crippen LogP contribution in [0.1, 0.15) is 18.1 Å². The van der Waals surface area contributed by atoms with Gasteiger partial charge in [0, 0.05) is 0 Å². The molecule has 1 N–H and O–H groups in total. The Kier molecular flexibility index (Phi) is 6.67. The Morgan fingerprint density at radius 2 is 1.86 bits per heavy atom. The minimum Gasteiger partial charge on any atom is -0.490 e. The summed E-state index contributed by atoms with van der Waals surface area (Å²) in [6, 6.07) is 18.4. The van der Waals surface area contributed by atoms with Crippen LogP contribution < -0.4 is 14.3 Å². The summed E-state index contributed by atoms with van der Waals surface area (Å²) >= 11 is 1.13. The van der Waals surface area contributed by atoms with E-state index in [0.29, 0.717) is 30.3 Å². The van der Waals surface area contributed by atoms with Crippen LogP contribution in [0.2, 0.25) is 0 Å². The average molecular weight is 417 g/mol. The van der Waals surface area contributed by atoms with Crippen molar-refractivity contribution in [3.05, 3.63) is 77.2 Å². The Balaban J connectivity index is 1.69. The van der Waals surface area contributed by atoms with E-state index >= 15 is 0 Å². The first-order valence-corrected chi connectivity index (χ1v) is 11.0. The third-order valence-corrected chi connectivity index (χ3v) is 6.27. The van der Waals surface area contributed by atoms with Crippen molar-refractivity contribution < 1.29 is 17.9 Å². The van der Waals surface area contributed by atoms with Gasteiger partial charge in [0.05, 0.1) is 12.8 Å². The number of rotatable bonds is 9. The van der Waals surface area contributed by atoms with Crippen molar-refractivity contribution in [1.29, 1.82) is 0 Å². The second-order valence-electron chi connectivity index (χ2n) is 5.70. The van der Waals surface area contributed by atoms with Gasteiger partial charge in [-0.25, -0.2) is 0 Å². The van der Waals surface area contributed by atoms with Gasteiger partial charge >= 0.3 is 0 Å². The van der Waals surface area contributed by atoms with Crippen molar-refractivity contribution >= 4 is 27.6 Å². The van der Waals surface area contributed by atoms with Gasteiger partial charge in [0.2, 0.25) is 0 Å². The standard InChI is InChI=1S/C20H20N2O4S2/c1-2-25-19-13-17(14-21-22-28(23,24)20-9-6-12-27-20)10-11-18(19)26-15-16-7-4-3-5-8-16/h3-14,22H,2,15H2,1H3/b21-14+. The van der Waals surface area contributed by atoms with Crippen LogP contribution in [0.15, 0.2) is 75.4 Å². The number of hydrazone groups is 1. The first-order valence-electron chi connectivity index (χ1n) is 8.60. The van der Waals surface area contributed by atoms with E-state index in [9.17, 15) is 8.42 Å². The summed E-state index contributed by atoms with van der Waals surface area (Å²) in [6.07, 6.45) is 1.43. The van der Waals surface area contributed by atoms with Gasteiger partial charge in [-0.1, -0.05) is 36.4 Å². The highest BCUT2D eigenvalue weighted by Crippen LogP contribution is 2.29. The lowest BCUT2D eigenvalue weighted by atomic mass is 10.2. The van der Waals surface area contributed by atoms with E-state index in [1.165, 1.54) is 12.3 Å². The molecule has 28 heavy (non-hydrogen) atoms. The van der Waals surface area contributed by atoms with Crippen LogP contribution in [-0.4, -0.2) is 21.2 Å². The second-order valence-corrected chi connectivity index (χ2v) is 8.53. The number of thiophene rings is 1. The summed E-state index contributed by atoms with van der Waals surface area (Å²) in [5, 5.41) is 5.54. The van der Waals surface area contributed by atoms with Crippen molar-refractivity contribution in [2.75, 3.05) is 6.61 Å². The van der Waals surface area contributed by atoms with Gasteiger partial charge in [-0.15, -0.1) is 11.3 Å². The molecule has 0 unspecified atom stereocenters. The molecule has 8 heteroatoms. The maximum absolute atomic E-state index is 12.1. The van der Waals surface area contributed by atoms with E-state index in [-0.39, 0.29) is 4.21 Å². The van der Waals surface area contributed by atoms with Crippen LogP contribution >= 0.6 is 11.3 Å². The molecule has 3 rings (SSSR count). The lowest BCUT2D eigenvalue weighted by Crippen LogP contribution is -2.17. The minimum absolute atomic E-state index is 0.212. The van der Waals surface area contributed by atoms with Gasteiger partial charge in [0.15, 0.2) is 11.5 Å². The third kappa shape index (κ3) is 5.34. The van der Waals surface area contributed by atoms with Crippen LogP contribution in [0, 0.1) is 0 Å². The van der Waals surface area contributed by atoms with Crippen LogP contribution in [-0.2, 0) is 16.6 Å². The van der Waals surface area contributed by atoms with Crippen LogP contribution in [0.3, 0.4) is 0 Å². The highest BCUT2D eigenvalue weighted by molar-refractivity contribution is 7.91. The van der Waals surface area contributed by atoms with E-state index in [4.69, 9.17) is 9.47 Å². The number of benzene rings is 2. The predicted octanol–water partition coefficient (Wildman–Crippen LogP) is 4.04. The van der Waals surface area contributed by atoms with Crippen LogP contribution in [0.5, 0.6) is 11.5 Å². The van der Waals surface area contributed by atoms with E-state index in [2.05, 4.69) is 9.93 Å². The molecule has 0 spiro atoms. The highest BCUT2D eigenvalue weighted by atomic mass is 32.2. The SMILES string of the molecule is CCOc1cc(/C=N/NS(=O)(=O)c2cccs2)ccc1OCc1ccccc1. The molecule has 0 atom stereocenters. The van der Waals surface area contributed by atoms with Crippen molar-refractivity contribution in [3.63, 3.8) is 0 Å². The fraction of sp³-hybridized carbons (Fsp3) is 0.150. The molecule has 6 nitrogen and oxygen atoms in total. The quantitative estimate of drug-likeness (QED) is 0.422. The molecule has 146 valence electrons. The number of nitrogens with one attached hydrogen (secondary N) is 1. The maximum atomic E-state index is 12.1. The molecule has 1 heterocycles. The normalized spacial score (nSPS) is 11.5. The topological polar surface area (TPSA) is 77.0 Å². The fourth-order valence-corrected chi connectivity index (χ4v) is 4.13. The van der Waals surface area contributed by atoms with Gasteiger partial charge in [-0.2, -0.15) is 18.4 Å². The summed E-state index contributed by atoms with van der Waals surface area (Å²) < 4.78 is 35.9. The molecule has 1 aromatic heterocycles. The van der Waals surface area contributed by atoms with Gasteiger partial charge in [0.1, 0.15) is 10.8 Å². The van der Waals surface area contributed by atoms with Gasteiger partial charge in [-0.3, -0.25) is 0 Å². The van der Waals surface area contributed by atoms with Crippen LogP contribution in [0.25, 0.3) is 0 Å². The highest BCUT2D eigenvalue weighted by Gasteiger charge is 2.13. The fourth-order valence-electron chi connectivity index (χ4n) is 2.36. The molecular weight excluding hydrogens is 396 g/mol. The molecular formula is C20H20N2O4S2. The monoisotopic (exact) mass is 416 g/mol. The summed E-state index contributed by atoms with van der Waals surface area (Å²) in [6.45, 7) is 2.79. The Morgan fingerprint density at radius 3 is 2.57 bits per heavy atom. The molecule has 3 aromatic rings. The minimum atomic E-state index is -3.64. The zero-order chi connectivity index (χ0) is 19.8. The molecule has 0 bridgehead atoms. The number of nitrogens with zero attached hydrogens (tertiary/aromatic N) is 1. The third-order valence-electron chi connectivity index (χ3n) is 3.65.